The lowest BCUT2D eigenvalue weighted by molar-refractivity contribution is -0.121. The molecule has 1 N–H and O–H groups in total. The van der Waals surface area contributed by atoms with Crippen LogP contribution in [0.2, 0.25) is 0 Å². The molecule has 0 bridgehead atoms. The third kappa shape index (κ3) is 3.07. The molecule has 112 valence electrons. The number of carbonyl (C=O) groups excluding carboxylic acids is 3. The van der Waals surface area contributed by atoms with Crippen LogP contribution in [0.25, 0.3) is 0 Å². The standard InChI is InChI=1S/C14H17N3O4/c18-12(10-3-4-10)15-14(20)17-7-5-16(6-8-17)13(19)11-2-1-9-21-11/h1-2,9-10H,3-8H2,(H,15,18,20). The maximum atomic E-state index is 12.1. The first kappa shape index (κ1) is 13.7. The van der Waals surface area contributed by atoms with Crippen LogP contribution in [-0.4, -0.2) is 53.8 Å². The first-order valence-electron chi connectivity index (χ1n) is 7.07. The lowest BCUT2D eigenvalue weighted by Crippen LogP contribution is -2.54. The Kier molecular flexibility index (Phi) is 3.64. The lowest BCUT2D eigenvalue weighted by Gasteiger charge is -2.34. The molecule has 0 radical (unpaired) electrons. The van der Waals surface area contributed by atoms with Gasteiger partial charge in [-0.25, -0.2) is 4.79 Å². The molecule has 1 aromatic heterocycles. The second-order valence-corrected chi connectivity index (χ2v) is 5.33. The number of carbonyl (C=O) groups is 3. The minimum absolute atomic E-state index is 0.00997. The van der Waals surface area contributed by atoms with Crippen molar-refractivity contribution in [1.29, 1.82) is 0 Å². The highest BCUT2D eigenvalue weighted by Gasteiger charge is 2.32. The van der Waals surface area contributed by atoms with E-state index in [9.17, 15) is 14.4 Å². The van der Waals surface area contributed by atoms with E-state index in [1.54, 1.807) is 21.9 Å². The summed E-state index contributed by atoms with van der Waals surface area (Å²) in [6.07, 6.45) is 3.19. The number of amides is 4. The first-order valence-corrected chi connectivity index (χ1v) is 7.07. The van der Waals surface area contributed by atoms with Crippen molar-refractivity contribution in [2.24, 2.45) is 5.92 Å². The van der Waals surface area contributed by atoms with E-state index in [-0.39, 0.29) is 23.8 Å². The van der Waals surface area contributed by atoms with E-state index < -0.39 is 0 Å². The van der Waals surface area contributed by atoms with Crippen LogP contribution in [0.4, 0.5) is 4.79 Å². The Morgan fingerprint density at radius 2 is 1.76 bits per heavy atom. The molecule has 0 aromatic carbocycles. The van der Waals surface area contributed by atoms with Crippen molar-refractivity contribution in [1.82, 2.24) is 15.1 Å². The van der Waals surface area contributed by atoms with Gasteiger partial charge in [-0.1, -0.05) is 0 Å². The third-order valence-electron chi connectivity index (χ3n) is 3.76. The van der Waals surface area contributed by atoms with Crippen LogP contribution >= 0.6 is 0 Å². The average Bonchev–Trinajstić information content (AvgIpc) is 3.22. The van der Waals surface area contributed by atoms with Crippen molar-refractivity contribution in [3.8, 4) is 0 Å². The van der Waals surface area contributed by atoms with Gasteiger partial charge in [0.15, 0.2) is 5.76 Å². The zero-order chi connectivity index (χ0) is 14.8. The maximum absolute atomic E-state index is 12.1. The number of furan rings is 1. The smallest absolute Gasteiger partial charge is 0.324 e. The van der Waals surface area contributed by atoms with E-state index in [1.807, 2.05) is 0 Å². The molecule has 1 aromatic rings. The molecule has 3 rings (SSSR count). The molecule has 1 aliphatic carbocycles. The summed E-state index contributed by atoms with van der Waals surface area (Å²) >= 11 is 0. The summed E-state index contributed by atoms with van der Waals surface area (Å²) in [6, 6.07) is 2.92. The van der Waals surface area contributed by atoms with Crippen molar-refractivity contribution < 1.29 is 18.8 Å². The van der Waals surface area contributed by atoms with Gasteiger partial charge in [-0.2, -0.15) is 0 Å². The van der Waals surface area contributed by atoms with Crippen LogP contribution < -0.4 is 5.32 Å². The number of urea groups is 1. The highest BCUT2D eigenvalue weighted by molar-refractivity contribution is 5.96. The zero-order valence-corrected chi connectivity index (χ0v) is 11.6. The molecule has 0 spiro atoms. The Bertz CT molecular complexity index is 543. The molecule has 1 aliphatic heterocycles. The third-order valence-corrected chi connectivity index (χ3v) is 3.76. The molecule has 7 heteroatoms. The van der Waals surface area contributed by atoms with Crippen LogP contribution in [0.1, 0.15) is 23.4 Å². The van der Waals surface area contributed by atoms with E-state index in [0.29, 0.717) is 31.9 Å². The molecule has 7 nitrogen and oxygen atoms in total. The minimum Gasteiger partial charge on any atom is -0.459 e. The predicted molar refractivity (Wildman–Crippen MR) is 72.4 cm³/mol. The van der Waals surface area contributed by atoms with Crippen LogP contribution in [0.3, 0.4) is 0 Å². The topological polar surface area (TPSA) is 82.9 Å². The van der Waals surface area contributed by atoms with E-state index in [0.717, 1.165) is 12.8 Å². The second-order valence-electron chi connectivity index (χ2n) is 5.33. The lowest BCUT2D eigenvalue weighted by atomic mass is 10.3. The summed E-state index contributed by atoms with van der Waals surface area (Å²) in [5, 5.41) is 2.41. The summed E-state index contributed by atoms with van der Waals surface area (Å²) in [7, 11) is 0. The number of rotatable bonds is 2. The second kappa shape index (κ2) is 5.59. The molecule has 21 heavy (non-hydrogen) atoms. The van der Waals surface area contributed by atoms with Crippen LogP contribution in [-0.2, 0) is 4.79 Å². The fourth-order valence-electron chi connectivity index (χ4n) is 2.30. The van der Waals surface area contributed by atoms with Crippen LogP contribution in [0.15, 0.2) is 22.8 Å². The van der Waals surface area contributed by atoms with E-state index >= 15 is 0 Å². The number of piperazine rings is 1. The fourth-order valence-corrected chi connectivity index (χ4v) is 2.30. The highest BCUT2D eigenvalue weighted by Crippen LogP contribution is 2.28. The average molecular weight is 291 g/mol. The van der Waals surface area contributed by atoms with Crippen molar-refractivity contribution in [2.75, 3.05) is 26.2 Å². The Labute approximate surface area is 121 Å². The normalized spacial score (nSPS) is 18.5. The monoisotopic (exact) mass is 291 g/mol. The Hall–Kier alpha value is -2.31. The van der Waals surface area contributed by atoms with E-state index in [1.165, 1.54) is 6.26 Å². The van der Waals surface area contributed by atoms with Crippen LogP contribution in [0.5, 0.6) is 0 Å². The molecule has 1 saturated carbocycles. The summed E-state index contributed by atoms with van der Waals surface area (Å²) in [6.45, 7) is 1.70. The Morgan fingerprint density at radius 1 is 1.10 bits per heavy atom. The van der Waals surface area contributed by atoms with Gasteiger partial charge in [0, 0.05) is 32.1 Å². The van der Waals surface area contributed by atoms with E-state index in [4.69, 9.17) is 4.42 Å². The summed E-state index contributed by atoms with van der Waals surface area (Å²) in [5.74, 6) is -0.0456. The molecule has 0 unspecified atom stereocenters. The Balaban J connectivity index is 1.49. The van der Waals surface area contributed by atoms with Gasteiger partial charge >= 0.3 is 6.03 Å². The largest absolute Gasteiger partial charge is 0.459 e. The number of nitrogens with one attached hydrogen (secondary N) is 1. The van der Waals surface area contributed by atoms with E-state index in [2.05, 4.69) is 5.32 Å². The molecule has 2 heterocycles. The van der Waals surface area contributed by atoms with Gasteiger partial charge < -0.3 is 14.2 Å². The molecule has 2 fully saturated rings. The molecular weight excluding hydrogens is 274 g/mol. The fraction of sp³-hybridized carbons (Fsp3) is 0.500. The summed E-state index contributed by atoms with van der Waals surface area (Å²) in [5.41, 5.74) is 0. The molecule has 0 atom stereocenters. The van der Waals surface area contributed by atoms with Gasteiger partial charge in [0.05, 0.1) is 6.26 Å². The quantitative estimate of drug-likeness (QED) is 0.868. The van der Waals surface area contributed by atoms with Gasteiger partial charge in [0.1, 0.15) is 0 Å². The first-order chi connectivity index (χ1) is 10.1. The van der Waals surface area contributed by atoms with Gasteiger partial charge in [-0.15, -0.1) is 0 Å². The van der Waals surface area contributed by atoms with Crippen molar-refractivity contribution >= 4 is 17.8 Å². The van der Waals surface area contributed by atoms with Crippen molar-refractivity contribution in [2.45, 2.75) is 12.8 Å². The van der Waals surface area contributed by atoms with Crippen LogP contribution in [0, 0.1) is 5.92 Å². The number of hydrogen-bond donors (Lipinski definition) is 1. The van der Waals surface area contributed by atoms with Gasteiger partial charge in [0.25, 0.3) is 5.91 Å². The summed E-state index contributed by atoms with van der Waals surface area (Å²) in [4.78, 5) is 38.7. The SMILES string of the molecule is O=C(NC(=O)N1CCN(C(=O)c2ccco2)CC1)C1CC1. The van der Waals surface area contributed by atoms with Gasteiger partial charge in [-0.05, 0) is 25.0 Å². The molecular formula is C14H17N3O4. The van der Waals surface area contributed by atoms with Gasteiger partial charge in [0.2, 0.25) is 5.91 Å². The zero-order valence-electron chi connectivity index (χ0n) is 11.6. The van der Waals surface area contributed by atoms with Crippen molar-refractivity contribution in [3.05, 3.63) is 24.2 Å². The highest BCUT2D eigenvalue weighted by atomic mass is 16.3. The minimum atomic E-state index is -0.364. The molecule has 2 aliphatic rings. The van der Waals surface area contributed by atoms with Crippen molar-refractivity contribution in [3.63, 3.8) is 0 Å². The summed E-state index contributed by atoms with van der Waals surface area (Å²) < 4.78 is 5.08. The number of hydrogen-bond acceptors (Lipinski definition) is 4. The maximum Gasteiger partial charge on any atom is 0.324 e. The number of nitrogens with zero attached hydrogens (tertiary/aromatic N) is 2. The Morgan fingerprint density at radius 3 is 2.33 bits per heavy atom. The predicted octanol–water partition coefficient (Wildman–Crippen LogP) is 0.684. The van der Waals surface area contributed by atoms with Gasteiger partial charge in [-0.3, -0.25) is 14.9 Å². The number of imide groups is 1. The molecule has 4 amide bonds. The molecule has 1 saturated heterocycles.